The van der Waals surface area contributed by atoms with Gasteiger partial charge in [0.25, 0.3) is 0 Å². The summed E-state index contributed by atoms with van der Waals surface area (Å²) >= 11 is 0. The molecule has 0 saturated heterocycles. The second-order valence-electron chi connectivity index (χ2n) is 3.60. The number of nitrogens with two attached hydrogens (primary N) is 1. The van der Waals surface area contributed by atoms with Gasteiger partial charge >= 0.3 is 0 Å². The molecule has 90 valence electrons. The smallest absolute Gasteiger partial charge is 0.246 e. The Morgan fingerprint density at radius 1 is 1.47 bits per heavy atom. The first-order valence-corrected chi connectivity index (χ1v) is 5.53. The summed E-state index contributed by atoms with van der Waals surface area (Å²) in [5, 5.41) is 12.1. The molecule has 17 heavy (non-hydrogen) atoms. The van der Waals surface area contributed by atoms with Crippen molar-refractivity contribution in [2.45, 2.75) is 26.3 Å². The zero-order valence-corrected chi connectivity index (χ0v) is 9.67. The number of H-pyrrole nitrogens is 1. The summed E-state index contributed by atoms with van der Waals surface area (Å²) in [7, 11) is 0. The van der Waals surface area contributed by atoms with E-state index in [1.54, 1.807) is 23.3 Å². The minimum Gasteiger partial charge on any atom is -0.382 e. The summed E-state index contributed by atoms with van der Waals surface area (Å²) < 4.78 is 1.74. The van der Waals surface area contributed by atoms with Crippen LogP contribution >= 0.6 is 0 Å². The van der Waals surface area contributed by atoms with Gasteiger partial charge in [-0.05, 0) is 6.42 Å². The van der Waals surface area contributed by atoms with E-state index < -0.39 is 0 Å². The van der Waals surface area contributed by atoms with Gasteiger partial charge in [-0.2, -0.15) is 5.10 Å². The van der Waals surface area contributed by atoms with Crippen molar-refractivity contribution in [1.29, 1.82) is 0 Å². The van der Waals surface area contributed by atoms with Crippen LogP contribution in [0.3, 0.4) is 0 Å². The van der Waals surface area contributed by atoms with E-state index in [4.69, 9.17) is 5.73 Å². The summed E-state index contributed by atoms with van der Waals surface area (Å²) in [6.07, 6.45) is 7.05. The molecule has 0 spiro atoms. The number of nitrogens with one attached hydrogen (secondary N) is 1. The molecular formula is C10H15N7. The van der Waals surface area contributed by atoms with Crippen LogP contribution in [-0.2, 0) is 6.54 Å². The van der Waals surface area contributed by atoms with Gasteiger partial charge in [0.2, 0.25) is 5.95 Å². The lowest BCUT2D eigenvalue weighted by molar-refractivity contribution is 0.579. The molecule has 2 rings (SSSR count). The molecule has 0 fully saturated rings. The van der Waals surface area contributed by atoms with Crippen LogP contribution in [0.15, 0.2) is 28.8 Å². The Kier molecular flexibility index (Phi) is 3.49. The van der Waals surface area contributed by atoms with Crippen LogP contribution in [0.5, 0.6) is 0 Å². The number of hydrogen-bond acceptors (Lipinski definition) is 5. The van der Waals surface area contributed by atoms with Crippen LogP contribution in [0.1, 0.15) is 19.8 Å². The summed E-state index contributed by atoms with van der Waals surface area (Å²) in [5.41, 5.74) is 6.47. The molecule has 0 atom stereocenters. The number of aromatic nitrogens is 4. The number of rotatable bonds is 5. The SMILES string of the molecule is CCCCn1ncc(N=Nc2ncc[nH]2)c1N. The Hall–Kier alpha value is -2.18. The predicted molar refractivity (Wildman–Crippen MR) is 64.3 cm³/mol. The molecule has 0 aliphatic carbocycles. The lowest BCUT2D eigenvalue weighted by Gasteiger charge is -2.01. The molecule has 0 aliphatic rings. The van der Waals surface area contributed by atoms with E-state index >= 15 is 0 Å². The van der Waals surface area contributed by atoms with Crippen LogP contribution in [0.4, 0.5) is 17.5 Å². The minimum atomic E-state index is 0.450. The van der Waals surface area contributed by atoms with Crippen molar-refractivity contribution >= 4 is 17.5 Å². The first-order valence-electron chi connectivity index (χ1n) is 5.53. The lowest BCUT2D eigenvalue weighted by Crippen LogP contribution is -2.04. The van der Waals surface area contributed by atoms with Gasteiger partial charge in [-0.3, -0.25) is 0 Å². The first-order chi connectivity index (χ1) is 8.31. The molecule has 2 heterocycles. The quantitative estimate of drug-likeness (QED) is 0.776. The predicted octanol–water partition coefficient (Wildman–Crippen LogP) is 2.40. The van der Waals surface area contributed by atoms with Crippen molar-refractivity contribution in [3.05, 3.63) is 18.6 Å². The standard InChI is InChI=1S/C10H15N7/c1-2-3-6-17-9(11)8(7-14-17)15-16-10-12-4-5-13-10/h4-5,7H,2-3,6,11H2,1H3,(H,12,13). The third-order valence-corrected chi connectivity index (χ3v) is 2.32. The zero-order chi connectivity index (χ0) is 12.1. The van der Waals surface area contributed by atoms with E-state index in [-0.39, 0.29) is 0 Å². The Morgan fingerprint density at radius 2 is 2.35 bits per heavy atom. The highest BCUT2D eigenvalue weighted by atomic mass is 15.3. The van der Waals surface area contributed by atoms with Crippen LogP contribution in [0, 0.1) is 0 Å². The number of anilines is 1. The van der Waals surface area contributed by atoms with Gasteiger partial charge in [-0.25, -0.2) is 9.67 Å². The number of azo groups is 1. The highest BCUT2D eigenvalue weighted by molar-refractivity contribution is 5.56. The highest BCUT2D eigenvalue weighted by Crippen LogP contribution is 2.23. The van der Waals surface area contributed by atoms with Crippen LogP contribution in [-0.4, -0.2) is 19.7 Å². The topological polar surface area (TPSA) is 97.2 Å². The fraction of sp³-hybridized carbons (Fsp3) is 0.400. The highest BCUT2D eigenvalue weighted by Gasteiger charge is 2.05. The van der Waals surface area contributed by atoms with Gasteiger partial charge in [0.1, 0.15) is 11.5 Å². The number of unbranched alkanes of at least 4 members (excludes halogenated alkanes) is 1. The third-order valence-electron chi connectivity index (χ3n) is 2.32. The molecule has 0 aliphatic heterocycles. The Balaban J connectivity index is 2.09. The molecular weight excluding hydrogens is 218 g/mol. The van der Waals surface area contributed by atoms with Crippen LogP contribution < -0.4 is 5.73 Å². The van der Waals surface area contributed by atoms with Crippen molar-refractivity contribution in [3.8, 4) is 0 Å². The van der Waals surface area contributed by atoms with Gasteiger partial charge < -0.3 is 10.7 Å². The van der Waals surface area contributed by atoms with Crippen LogP contribution in [0.2, 0.25) is 0 Å². The molecule has 7 heteroatoms. The number of nitrogens with zero attached hydrogens (tertiary/aromatic N) is 5. The van der Waals surface area contributed by atoms with Gasteiger partial charge in [-0.1, -0.05) is 13.3 Å². The largest absolute Gasteiger partial charge is 0.382 e. The summed E-state index contributed by atoms with van der Waals surface area (Å²) in [5.74, 6) is 0.986. The van der Waals surface area contributed by atoms with E-state index in [2.05, 4.69) is 32.2 Å². The van der Waals surface area contributed by atoms with Crippen molar-refractivity contribution in [2.24, 2.45) is 10.2 Å². The number of aromatic amines is 1. The van der Waals surface area contributed by atoms with Gasteiger partial charge in [0, 0.05) is 18.9 Å². The number of nitrogen functional groups attached to an aromatic ring is 1. The number of aryl methyl sites for hydroxylation is 1. The molecule has 0 saturated carbocycles. The van der Waals surface area contributed by atoms with E-state index in [1.165, 1.54) is 0 Å². The second kappa shape index (κ2) is 5.24. The van der Waals surface area contributed by atoms with Crippen molar-refractivity contribution < 1.29 is 0 Å². The molecule has 0 radical (unpaired) electrons. The Bertz CT molecular complexity index is 483. The van der Waals surface area contributed by atoms with Crippen molar-refractivity contribution in [2.75, 3.05) is 5.73 Å². The van der Waals surface area contributed by atoms with Gasteiger partial charge in [-0.15, -0.1) is 10.2 Å². The summed E-state index contributed by atoms with van der Waals surface area (Å²) in [4.78, 5) is 6.76. The molecule has 2 aromatic rings. The van der Waals surface area contributed by atoms with E-state index in [1.807, 2.05) is 0 Å². The van der Waals surface area contributed by atoms with Gasteiger partial charge in [0.15, 0.2) is 0 Å². The maximum absolute atomic E-state index is 5.90. The third kappa shape index (κ3) is 2.68. The van der Waals surface area contributed by atoms with Crippen LogP contribution in [0.25, 0.3) is 0 Å². The zero-order valence-electron chi connectivity index (χ0n) is 9.67. The molecule has 0 amide bonds. The molecule has 0 bridgehead atoms. The minimum absolute atomic E-state index is 0.450. The van der Waals surface area contributed by atoms with Crippen molar-refractivity contribution in [3.63, 3.8) is 0 Å². The molecule has 0 unspecified atom stereocenters. The van der Waals surface area contributed by atoms with E-state index in [0.29, 0.717) is 17.5 Å². The average molecular weight is 233 g/mol. The van der Waals surface area contributed by atoms with E-state index in [0.717, 1.165) is 19.4 Å². The fourth-order valence-corrected chi connectivity index (χ4v) is 1.36. The Labute approximate surface area is 98.8 Å². The normalized spacial score (nSPS) is 11.4. The Morgan fingerprint density at radius 3 is 3.06 bits per heavy atom. The number of hydrogen-bond donors (Lipinski definition) is 2. The summed E-state index contributed by atoms with van der Waals surface area (Å²) in [6.45, 7) is 2.93. The average Bonchev–Trinajstić information content (AvgIpc) is 2.95. The maximum atomic E-state index is 5.90. The molecule has 3 N–H and O–H groups in total. The molecule has 0 aromatic carbocycles. The second-order valence-corrected chi connectivity index (χ2v) is 3.60. The van der Waals surface area contributed by atoms with E-state index in [9.17, 15) is 0 Å². The fourth-order valence-electron chi connectivity index (χ4n) is 1.36. The lowest BCUT2D eigenvalue weighted by atomic mass is 10.3. The maximum Gasteiger partial charge on any atom is 0.246 e. The number of imidazole rings is 1. The summed E-state index contributed by atoms with van der Waals surface area (Å²) in [6, 6.07) is 0. The van der Waals surface area contributed by atoms with Crippen molar-refractivity contribution in [1.82, 2.24) is 19.7 Å². The molecule has 7 nitrogen and oxygen atoms in total. The molecule has 2 aromatic heterocycles. The van der Waals surface area contributed by atoms with Gasteiger partial charge in [0.05, 0.1) is 6.20 Å². The first kappa shape index (κ1) is 11.3. The monoisotopic (exact) mass is 233 g/mol.